The lowest BCUT2D eigenvalue weighted by molar-refractivity contribution is -0.118. The van der Waals surface area contributed by atoms with E-state index in [0.29, 0.717) is 32.5 Å². The van der Waals surface area contributed by atoms with Gasteiger partial charge in [0.15, 0.2) is 11.6 Å². The van der Waals surface area contributed by atoms with Crippen molar-refractivity contribution in [2.24, 2.45) is 0 Å². The minimum absolute atomic E-state index is 0.0483. The van der Waals surface area contributed by atoms with Crippen LogP contribution in [-0.2, 0) is 21.2 Å². The van der Waals surface area contributed by atoms with Gasteiger partial charge in [0.05, 0.1) is 11.5 Å². The molecule has 2 heterocycles. The molecule has 9 heteroatoms. The number of nitrogens with zero attached hydrogens (tertiary/aromatic N) is 2. The molecule has 2 aliphatic rings. The Hall–Kier alpha value is -2.52. The van der Waals surface area contributed by atoms with Crippen LogP contribution in [0.1, 0.15) is 37.7 Å². The molecule has 0 atom stereocenters. The lowest BCUT2D eigenvalue weighted by Crippen LogP contribution is -2.35. The molecule has 1 fully saturated rings. The summed E-state index contributed by atoms with van der Waals surface area (Å²) < 4.78 is 59.2. The molecule has 6 nitrogen and oxygen atoms in total. The van der Waals surface area contributed by atoms with Gasteiger partial charge >= 0.3 is 0 Å². The van der Waals surface area contributed by atoms with Crippen LogP contribution in [0.15, 0.2) is 41.3 Å². The molecule has 0 unspecified atom stereocenters. The maximum absolute atomic E-state index is 13.6. The molecule has 32 heavy (non-hydrogen) atoms. The molecule has 0 saturated carbocycles. The van der Waals surface area contributed by atoms with E-state index in [0.717, 1.165) is 42.6 Å². The SMILES string of the molecule is O=C(CCCOc1ccc(F)cc1F)N1CCc2cc(S(=O)(=O)N3CCCCC3)ccc21. The van der Waals surface area contributed by atoms with Gasteiger partial charge in [-0.1, -0.05) is 6.42 Å². The Kier molecular flexibility index (Phi) is 6.76. The van der Waals surface area contributed by atoms with Crippen LogP contribution in [-0.4, -0.2) is 44.9 Å². The van der Waals surface area contributed by atoms with E-state index in [1.165, 1.54) is 6.07 Å². The third-order valence-corrected chi connectivity index (χ3v) is 7.78. The second-order valence-corrected chi connectivity index (χ2v) is 10.0. The summed E-state index contributed by atoms with van der Waals surface area (Å²) in [5, 5.41) is 0. The van der Waals surface area contributed by atoms with Crippen molar-refractivity contribution in [2.45, 2.75) is 43.4 Å². The summed E-state index contributed by atoms with van der Waals surface area (Å²) in [5.41, 5.74) is 1.58. The normalized spacial score (nSPS) is 16.8. The van der Waals surface area contributed by atoms with Crippen LogP contribution >= 0.6 is 0 Å². The van der Waals surface area contributed by atoms with E-state index in [1.807, 2.05) is 0 Å². The van der Waals surface area contributed by atoms with Crippen LogP contribution in [0.2, 0.25) is 0 Å². The number of hydrogen-bond donors (Lipinski definition) is 0. The van der Waals surface area contributed by atoms with Crippen molar-refractivity contribution in [2.75, 3.05) is 31.1 Å². The van der Waals surface area contributed by atoms with Gasteiger partial charge < -0.3 is 9.64 Å². The Morgan fingerprint density at radius 2 is 1.78 bits per heavy atom. The van der Waals surface area contributed by atoms with Gasteiger partial charge in [0.1, 0.15) is 5.82 Å². The van der Waals surface area contributed by atoms with E-state index in [2.05, 4.69) is 0 Å². The van der Waals surface area contributed by atoms with Gasteiger partial charge in [0.2, 0.25) is 15.9 Å². The van der Waals surface area contributed by atoms with E-state index in [1.54, 1.807) is 27.4 Å². The molecule has 0 aliphatic carbocycles. The maximum Gasteiger partial charge on any atom is 0.243 e. The minimum atomic E-state index is -3.51. The highest BCUT2D eigenvalue weighted by atomic mass is 32.2. The van der Waals surface area contributed by atoms with Crippen LogP contribution in [0.25, 0.3) is 0 Å². The number of carbonyl (C=O) groups excluding carboxylic acids is 1. The molecule has 1 amide bonds. The van der Waals surface area contributed by atoms with Gasteiger partial charge in [-0.05, 0) is 61.6 Å². The molecule has 0 aromatic heterocycles. The maximum atomic E-state index is 13.6. The first-order valence-corrected chi connectivity index (χ1v) is 12.3. The third kappa shape index (κ3) is 4.78. The van der Waals surface area contributed by atoms with Gasteiger partial charge in [-0.15, -0.1) is 0 Å². The first kappa shape index (κ1) is 22.7. The molecule has 0 bridgehead atoms. The molecule has 0 radical (unpaired) electrons. The number of sulfonamides is 1. The highest BCUT2D eigenvalue weighted by Crippen LogP contribution is 2.32. The molecular formula is C23H26F2N2O4S. The van der Waals surface area contributed by atoms with Crippen LogP contribution in [0.5, 0.6) is 5.75 Å². The lowest BCUT2D eigenvalue weighted by Gasteiger charge is -2.26. The number of fused-ring (bicyclic) bond motifs is 1. The molecular weight excluding hydrogens is 438 g/mol. The average molecular weight is 465 g/mol. The number of piperidine rings is 1. The molecule has 2 aliphatic heterocycles. The summed E-state index contributed by atoms with van der Waals surface area (Å²) in [7, 11) is -3.51. The summed E-state index contributed by atoms with van der Waals surface area (Å²) >= 11 is 0. The summed E-state index contributed by atoms with van der Waals surface area (Å²) in [4.78, 5) is 14.6. The standard InChI is InChI=1S/C23H26F2N2O4S/c24-18-6-9-22(20(25)16-18)31-14-4-5-23(28)27-13-10-17-15-19(7-8-21(17)27)32(29,30)26-11-2-1-3-12-26/h6-9,15-16H,1-5,10-14H2. The number of halogens is 2. The van der Waals surface area contributed by atoms with Gasteiger partial charge in [0.25, 0.3) is 0 Å². The molecule has 1 saturated heterocycles. The Bertz CT molecular complexity index is 1100. The molecule has 0 spiro atoms. The summed E-state index contributed by atoms with van der Waals surface area (Å²) in [6.07, 6.45) is 3.99. The fourth-order valence-corrected chi connectivity index (χ4v) is 5.75. The summed E-state index contributed by atoms with van der Waals surface area (Å²) in [6, 6.07) is 8.06. The van der Waals surface area contributed by atoms with Crippen LogP contribution < -0.4 is 9.64 Å². The highest BCUT2D eigenvalue weighted by molar-refractivity contribution is 7.89. The molecule has 4 rings (SSSR count). The van der Waals surface area contributed by atoms with E-state index in [-0.39, 0.29) is 29.6 Å². The Morgan fingerprint density at radius 1 is 1.00 bits per heavy atom. The van der Waals surface area contributed by atoms with E-state index >= 15 is 0 Å². The van der Waals surface area contributed by atoms with Crippen LogP contribution in [0.4, 0.5) is 14.5 Å². The molecule has 172 valence electrons. The van der Waals surface area contributed by atoms with Crippen molar-refractivity contribution in [1.82, 2.24) is 4.31 Å². The van der Waals surface area contributed by atoms with E-state index in [4.69, 9.17) is 4.74 Å². The minimum Gasteiger partial charge on any atom is -0.491 e. The Morgan fingerprint density at radius 3 is 2.53 bits per heavy atom. The number of rotatable bonds is 7. The summed E-state index contributed by atoms with van der Waals surface area (Å²) in [5.74, 6) is -1.60. The van der Waals surface area contributed by atoms with Crippen LogP contribution in [0.3, 0.4) is 0 Å². The number of anilines is 1. The van der Waals surface area contributed by atoms with Gasteiger partial charge in [-0.25, -0.2) is 17.2 Å². The first-order chi connectivity index (χ1) is 15.4. The van der Waals surface area contributed by atoms with Crippen LogP contribution in [0, 0.1) is 11.6 Å². The zero-order valence-electron chi connectivity index (χ0n) is 17.7. The quantitative estimate of drug-likeness (QED) is 0.583. The largest absolute Gasteiger partial charge is 0.491 e. The number of benzene rings is 2. The predicted octanol–water partition coefficient (Wildman–Crippen LogP) is 3.89. The number of amides is 1. The van der Waals surface area contributed by atoms with Crippen molar-refractivity contribution in [1.29, 1.82) is 0 Å². The fraction of sp³-hybridized carbons (Fsp3) is 0.435. The second-order valence-electron chi connectivity index (χ2n) is 8.08. The first-order valence-electron chi connectivity index (χ1n) is 10.9. The van der Waals surface area contributed by atoms with Crippen molar-refractivity contribution in [3.05, 3.63) is 53.6 Å². The number of ether oxygens (including phenoxy) is 1. The number of hydrogen-bond acceptors (Lipinski definition) is 4. The van der Waals surface area contributed by atoms with E-state index in [9.17, 15) is 22.0 Å². The zero-order valence-corrected chi connectivity index (χ0v) is 18.5. The topological polar surface area (TPSA) is 66.9 Å². The molecule has 0 N–H and O–H groups in total. The fourth-order valence-electron chi connectivity index (χ4n) is 4.18. The summed E-state index contributed by atoms with van der Waals surface area (Å²) in [6.45, 7) is 1.72. The third-order valence-electron chi connectivity index (χ3n) is 5.89. The van der Waals surface area contributed by atoms with Gasteiger partial charge in [-0.2, -0.15) is 4.31 Å². The smallest absolute Gasteiger partial charge is 0.243 e. The Labute approximate surface area is 186 Å². The van der Waals surface area contributed by atoms with Crippen molar-refractivity contribution in [3.8, 4) is 5.75 Å². The van der Waals surface area contributed by atoms with Gasteiger partial charge in [0, 0.05) is 37.8 Å². The van der Waals surface area contributed by atoms with E-state index < -0.39 is 21.7 Å². The highest BCUT2D eigenvalue weighted by Gasteiger charge is 2.29. The van der Waals surface area contributed by atoms with Crippen molar-refractivity contribution in [3.63, 3.8) is 0 Å². The molecule has 2 aromatic rings. The average Bonchev–Trinajstić information content (AvgIpc) is 3.22. The second kappa shape index (κ2) is 9.54. The monoisotopic (exact) mass is 464 g/mol. The van der Waals surface area contributed by atoms with Crippen molar-refractivity contribution < 1.29 is 26.7 Å². The lowest BCUT2D eigenvalue weighted by atomic mass is 10.2. The zero-order chi connectivity index (χ0) is 22.7. The Balaban J connectivity index is 1.35. The number of carbonyl (C=O) groups is 1. The predicted molar refractivity (Wildman–Crippen MR) is 116 cm³/mol. The van der Waals surface area contributed by atoms with Crippen molar-refractivity contribution >= 4 is 21.6 Å². The van der Waals surface area contributed by atoms with Gasteiger partial charge in [-0.3, -0.25) is 4.79 Å². The molecule has 2 aromatic carbocycles.